The van der Waals surface area contributed by atoms with E-state index in [0.717, 1.165) is 17.7 Å². The maximum atomic E-state index is 11.5. The number of carbonyl (C=O) groups is 1. The van der Waals surface area contributed by atoms with Crippen molar-refractivity contribution < 1.29 is 9.53 Å². The van der Waals surface area contributed by atoms with E-state index in [-0.39, 0.29) is 5.97 Å². The van der Waals surface area contributed by atoms with Crippen molar-refractivity contribution >= 4 is 17.3 Å². The summed E-state index contributed by atoms with van der Waals surface area (Å²) in [5.74, 6) is -0.181. The third-order valence-electron chi connectivity index (χ3n) is 2.04. The molecule has 1 rings (SSSR count). The normalized spacial score (nSPS) is 10.2. The highest BCUT2D eigenvalue weighted by Gasteiger charge is 2.12. The topological polar surface area (TPSA) is 26.3 Å². The van der Waals surface area contributed by atoms with E-state index in [4.69, 9.17) is 4.74 Å². The lowest BCUT2D eigenvalue weighted by molar-refractivity contribution is 0.0511. The van der Waals surface area contributed by atoms with Crippen molar-refractivity contribution in [3.8, 4) is 0 Å². The average molecular weight is 212 g/mol. The Morgan fingerprint density at radius 2 is 2.21 bits per heavy atom. The molecule has 0 fully saturated rings. The second-order valence-electron chi connectivity index (χ2n) is 3.18. The number of hydrogen-bond donors (Lipinski definition) is 0. The summed E-state index contributed by atoms with van der Waals surface area (Å²) >= 11 is 1.52. The molecule has 0 amide bonds. The smallest absolute Gasteiger partial charge is 0.348 e. The van der Waals surface area contributed by atoms with Crippen LogP contribution in [0.2, 0.25) is 0 Å². The SMILES string of the molecule is CCCOC(=O)c1cc(CC)c(C)s1. The number of ether oxygens (including phenoxy) is 1. The van der Waals surface area contributed by atoms with E-state index in [0.29, 0.717) is 6.61 Å². The van der Waals surface area contributed by atoms with Crippen LogP contribution in [0, 0.1) is 6.92 Å². The van der Waals surface area contributed by atoms with Gasteiger partial charge in [0.05, 0.1) is 6.61 Å². The molecular weight excluding hydrogens is 196 g/mol. The van der Waals surface area contributed by atoms with Gasteiger partial charge >= 0.3 is 5.97 Å². The molecular formula is C11H16O2S. The Labute approximate surface area is 88.9 Å². The lowest BCUT2D eigenvalue weighted by Crippen LogP contribution is -2.03. The van der Waals surface area contributed by atoms with E-state index in [9.17, 15) is 4.79 Å². The molecule has 2 nitrogen and oxygen atoms in total. The zero-order valence-corrected chi connectivity index (χ0v) is 9.74. The molecule has 0 aliphatic carbocycles. The quantitative estimate of drug-likeness (QED) is 0.716. The fourth-order valence-electron chi connectivity index (χ4n) is 1.24. The summed E-state index contributed by atoms with van der Waals surface area (Å²) in [6.07, 6.45) is 1.85. The first-order valence-electron chi connectivity index (χ1n) is 4.95. The molecule has 0 saturated heterocycles. The molecule has 14 heavy (non-hydrogen) atoms. The van der Waals surface area contributed by atoms with Gasteiger partial charge in [0.15, 0.2) is 0 Å². The Kier molecular flexibility index (Phi) is 4.14. The van der Waals surface area contributed by atoms with Gasteiger partial charge in [-0.25, -0.2) is 4.79 Å². The number of carbonyl (C=O) groups excluding carboxylic acids is 1. The van der Waals surface area contributed by atoms with Crippen molar-refractivity contribution in [2.75, 3.05) is 6.61 Å². The van der Waals surface area contributed by atoms with Gasteiger partial charge in [-0.2, -0.15) is 0 Å². The Bertz CT molecular complexity index is 315. The molecule has 1 aromatic heterocycles. The molecule has 78 valence electrons. The van der Waals surface area contributed by atoms with Crippen molar-refractivity contribution in [2.45, 2.75) is 33.6 Å². The van der Waals surface area contributed by atoms with E-state index in [1.807, 2.05) is 19.9 Å². The molecule has 0 bridgehead atoms. The predicted molar refractivity (Wildman–Crippen MR) is 59.0 cm³/mol. The number of aryl methyl sites for hydroxylation is 2. The molecule has 0 aromatic carbocycles. The van der Waals surface area contributed by atoms with Crippen LogP contribution in [0.4, 0.5) is 0 Å². The summed E-state index contributed by atoms with van der Waals surface area (Å²) in [4.78, 5) is 13.4. The van der Waals surface area contributed by atoms with Crippen LogP contribution in [-0.4, -0.2) is 12.6 Å². The average Bonchev–Trinajstić information content (AvgIpc) is 2.56. The van der Waals surface area contributed by atoms with Crippen molar-refractivity contribution in [1.82, 2.24) is 0 Å². The maximum Gasteiger partial charge on any atom is 0.348 e. The van der Waals surface area contributed by atoms with E-state index in [2.05, 4.69) is 6.92 Å². The highest BCUT2D eigenvalue weighted by atomic mass is 32.1. The molecule has 1 heterocycles. The lowest BCUT2D eigenvalue weighted by atomic mass is 10.2. The largest absolute Gasteiger partial charge is 0.462 e. The van der Waals surface area contributed by atoms with Gasteiger partial charge in [-0.15, -0.1) is 11.3 Å². The summed E-state index contributed by atoms with van der Waals surface area (Å²) in [5.41, 5.74) is 1.25. The van der Waals surface area contributed by atoms with Gasteiger partial charge in [0.1, 0.15) is 4.88 Å². The molecule has 0 radical (unpaired) electrons. The second-order valence-corrected chi connectivity index (χ2v) is 4.44. The van der Waals surface area contributed by atoms with Crippen LogP contribution in [-0.2, 0) is 11.2 Å². The second kappa shape index (κ2) is 5.15. The molecule has 1 aromatic rings. The molecule has 0 spiro atoms. The summed E-state index contributed by atoms with van der Waals surface area (Å²) in [7, 11) is 0. The van der Waals surface area contributed by atoms with Crippen LogP contribution in [0.3, 0.4) is 0 Å². The van der Waals surface area contributed by atoms with E-state index < -0.39 is 0 Å². The van der Waals surface area contributed by atoms with Gasteiger partial charge in [-0.3, -0.25) is 0 Å². The minimum atomic E-state index is -0.181. The minimum absolute atomic E-state index is 0.181. The Morgan fingerprint density at radius 3 is 2.71 bits per heavy atom. The molecule has 0 saturated carbocycles. The van der Waals surface area contributed by atoms with Crippen LogP contribution in [0.15, 0.2) is 6.07 Å². The highest BCUT2D eigenvalue weighted by molar-refractivity contribution is 7.14. The fourth-order valence-corrected chi connectivity index (χ4v) is 2.24. The third-order valence-corrected chi connectivity index (χ3v) is 3.11. The van der Waals surface area contributed by atoms with Crippen LogP contribution in [0.5, 0.6) is 0 Å². The van der Waals surface area contributed by atoms with Gasteiger partial charge in [0.25, 0.3) is 0 Å². The summed E-state index contributed by atoms with van der Waals surface area (Å²) < 4.78 is 5.06. The highest BCUT2D eigenvalue weighted by Crippen LogP contribution is 2.22. The summed E-state index contributed by atoms with van der Waals surface area (Å²) in [6.45, 7) is 6.64. The van der Waals surface area contributed by atoms with Crippen molar-refractivity contribution in [2.24, 2.45) is 0 Å². The fraction of sp³-hybridized carbons (Fsp3) is 0.545. The summed E-state index contributed by atoms with van der Waals surface area (Å²) in [5, 5.41) is 0. The van der Waals surface area contributed by atoms with Crippen LogP contribution in [0.1, 0.15) is 40.4 Å². The van der Waals surface area contributed by atoms with Crippen LogP contribution in [0.25, 0.3) is 0 Å². The summed E-state index contributed by atoms with van der Waals surface area (Å²) in [6, 6.07) is 1.94. The van der Waals surface area contributed by atoms with Crippen molar-refractivity contribution in [3.63, 3.8) is 0 Å². The molecule has 0 aliphatic heterocycles. The van der Waals surface area contributed by atoms with Crippen LogP contribution >= 0.6 is 11.3 Å². The van der Waals surface area contributed by atoms with E-state index in [1.54, 1.807) is 0 Å². The van der Waals surface area contributed by atoms with Crippen molar-refractivity contribution in [3.05, 3.63) is 21.4 Å². The molecule has 0 unspecified atom stereocenters. The van der Waals surface area contributed by atoms with E-state index in [1.165, 1.54) is 21.8 Å². The van der Waals surface area contributed by atoms with E-state index >= 15 is 0 Å². The Morgan fingerprint density at radius 1 is 1.50 bits per heavy atom. The lowest BCUT2D eigenvalue weighted by Gasteiger charge is -1.98. The van der Waals surface area contributed by atoms with Crippen LogP contribution < -0.4 is 0 Å². The minimum Gasteiger partial charge on any atom is -0.462 e. The number of hydrogen-bond acceptors (Lipinski definition) is 3. The number of thiophene rings is 1. The van der Waals surface area contributed by atoms with Crippen molar-refractivity contribution in [1.29, 1.82) is 0 Å². The third kappa shape index (κ3) is 2.58. The zero-order chi connectivity index (χ0) is 10.6. The van der Waals surface area contributed by atoms with Gasteiger partial charge in [-0.1, -0.05) is 13.8 Å². The van der Waals surface area contributed by atoms with Gasteiger partial charge in [-0.05, 0) is 31.4 Å². The molecule has 0 aliphatic rings. The molecule has 0 N–H and O–H groups in total. The standard InChI is InChI=1S/C11H16O2S/c1-4-6-13-11(12)10-7-9(5-2)8(3)14-10/h7H,4-6H2,1-3H3. The van der Waals surface area contributed by atoms with Gasteiger partial charge in [0.2, 0.25) is 0 Å². The molecule has 3 heteroatoms. The monoisotopic (exact) mass is 212 g/mol. The zero-order valence-electron chi connectivity index (χ0n) is 8.92. The van der Waals surface area contributed by atoms with Gasteiger partial charge in [0, 0.05) is 4.88 Å². The molecule has 0 atom stereocenters. The first kappa shape index (κ1) is 11.2. The number of esters is 1. The first-order valence-corrected chi connectivity index (χ1v) is 5.77. The first-order chi connectivity index (χ1) is 6.69. The number of rotatable bonds is 4. The maximum absolute atomic E-state index is 11.5. The Balaban J connectivity index is 2.70. The van der Waals surface area contributed by atoms with Gasteiger partial charge < -0.3 is 4.74 Å². The predicted octanol–water partition coefficient (Wildman–Crippen LogP) is 3.19. The Hall–Kier alpha value is -0.830.